The quantitative estimate of drug-likeness (QED) is 0.631. The van der Waals surface area contributed by atoms with E-state index in [-0.39, 0.29) is 17.3 Å². The number of amides is 1. The second-order valence-corrected chi connectivity index (χ2v) is 9.93. The lowest BCUT2D eigenvalue weighted by atomic mass is 10.1. The van der Waals surface area contributed by atoms with Gasteiger partial charge >= 0.3 is 0 Å². The van der Waals surface area contributed by atoms with E-state index >= 15 is 0 Å². The molecule has 1 heterocycles. The number of nitrogens with one attached hydrogen (secondary N) is 1. The number of hydrogen-bond donors (Lipinski definition) is 1. The zero-order chi connectivity index (χ0) is 21.8. The van der Waals surface area contributed by atoms with Crippen molar-refractivity contribution in [3.05, 3.63) is 66.7 Å². The maximum Gasteiger partial charge on any atom is 0.243 e. The molecule has 3 aromatic rings. The molecule has 7 heteroatoms. The van der Waals surface area contributed by atoms with Crippen LogP contribution in [0.4, 0.5) is 11.4 Å². The number of benzene rings is 3. The fraction of sp³-hybridized carbons (Fsp3) is 0.292. The second-order valence-electron chi connectivity index (χ2n) is 7.88. The molecule has 0 unspecified atom stereocenters. The molecule has 0 saturated carbocycles. The summed E-state index contributed by atoms with van der Waals surface area (Å²) >= 11 is 0. The summed E-state index contributed by atoms with van der Waals surface area (Å²) in [6, 6.07) is 20.3. The standard InChI is InChI=1S/C24H27N3O3S/c1-26(31(29,30)21-14-13-19-9-3-4-10-20(19)17-21)18-24(28)25-22-11-5-6-12-23(22)27-15-7-2-8-16-27/h3-6,9-14,17H,2,7-8,15-16,18H2,1H3,(H,25,28). The summed E-state index contributed by atoms with van der Waals surface area (Å²) in [4.78, 5) is 15.2. The Morgan fingerprint density at radius 2 is 1.61 bits per heavy atom. The van der Waals surface area contributed by atoms with Crippen LogP contribution in [0.5, 0.6) is 0 Å². The summed E-state index contributed by atoms with van der Waals surface area (Å²) in [6.07, 6.45) is 3.49. The number of sulfonamides is 1. The highest BCUT2D eigenvalue weighted by Gasteiger charge is 2.24. The van der Waals surface area contributed by atoms with Crippen molar-refractivity contribution >= 4 is 38.1 Å². The molecule has 162 valence electrons. The third kappa shape index (κ3) is 4.73. The summed E-state index contributed by atoms with van der Waals surface area (Å²) in [5, 5.41) is 4.72. The van der Waals surface area contributed by atoms with Gasteiger partial charge in [-0.2, -0.15) is 4.31 Å². The van der Waals surface area contributed by atoms with Crippen LogP contribution in [0, 0.1) is 0 Å². The Balaban J connectivity index is 1.48. The number of nitrogens with zero attached hydrogens (tertiary/aromatic N) is 2. The largest absolute Gasteiger partial charge is 0.370 e. The normalized spacial score (nSPS) is 14.7. The van der Waals surface area contributed by atoms with Gasteiger partial charge < -0.3 is 10.2 Å². The van der Waals surface area contributed by atoms with Gasteiger partial charge in [-0.1, -0.05) is 42.5 Å². The molecule has 4 rings (SSSR count). The third-order valence-electron chi connectivity index (χ3n) is 5.67. The molecule has 0 spiro atoms. The summed E-state index contributed by atoms with van der Waals surface area (Å²) in [5.74, 6) is -0.365. The van der Waals surface area contributed by atoms with Crippen LogP contribution in [0.1, 0.15) is 19.3 Å². The molecule has 0 aliphatic carbocycles. The molecule has 3 aromatic carbocycles. The number of likely N-dealkylation sites (N-methyl/N-ethyl adjacent to an activating group) is 1. The van der Waals surface area contributed by atoms with Crippen molar-refractivity contribution in [2.24, 2.45) is 0 Å². The van der Waals surface area contributed by atoms with Gasteiger partial charge in [0, 0.05) is 20.1 Å². The third-order valence-corrected chi connectivity index (χ3v) is 7.47. The van der Waals surface area contributed by atoms with E-state index in [2.05, 4.69) is 10.2 Å². The van der Waals surface area contributed by atoms with Crippen molar-refractivity contribution in [1.82, 2.24) is 4.31 Å². The zero-order valence-electron chi connectivity index (χ0n) is 17.6. The van der Waals surface area contributed by atoms with Gasteiger partial charge in [-0.15, -0.1) is 0 Å². The Labute approximate surface area is 183 Å². The number of para-hydroxylation sites is 2. The Morgan fingerprint density at radius 1 is 0.935 bits per heavy atom. The van der Waals surface area contributed by atoms with Gasteiger partial charge in [0.05, 0.1) is 22.8 Å². The monoisotopic (exact) mass is 437 g/mol. The average molecular weight is 438 g/mol. The first-order valence-corrected chi connectivity index (χ1v) is 12.0. The highest BCUT2D eigenvalue weighted by atomic mass is 32.2. The Kier molecular flexibility index (Phi) is 6.25. The maximum absolute atomic E-state index is 13.0. The SMILES string of the molecule is CN(CC(=O)Nc1ccccc1N1CCCCC1)S(=O)(=O)c1ccc2ccccc2c1. The molecule has 1 N–H and O–H groups in total. The summed E-state index contributed by atoms with van der Waals surface area (Å²) < 4.78 is 27.1. The van der Waals surface area contributed by atoms with Crippen LogP contribution in [0.3, 0.4) is 0 Å². The average Bonchev–Trinajstić information content (AvgIpc) is 2.79. The first-order chi connectivity index (χ1) is 14.9. The number of carbonyl (C=O) groups is 1. The van der Waals surface area contributed by atoms with Gasteiger partial charge in [0.25, 0.3) is 0 Å². The predicted molar refractivity (Wildman–Crippen MR) is 125 cm³/mol. The Hall–Kier alpha value is -2.90. The molecule has 31 heavy (non-hydrogen) atoms. The van der Waals surface area contributed by atoms with Crippen molar-refractivity contribution in [3.63, 3.8) is 0 Å². The molecule has 0 aromatic heterocycles. The van der Waals surface area contributed by atoms with Crippen LogP contribution in [0.15, 0.2) is 71.6 Å². The van der Waals surface area contributed by atoms with Gasteiger partial charge in [-0.05, 0) is 54.3 Å². The molecule has 0 atom stereocenters. The topological polar surface area (TPSA) is 69.7 Å². The number of hydrogen-bond acceptors (Lipinski definition) is 4. The fourth-order valence-corrected chi connectivity index (χ4v) is 5.14. The minimum Gasteiger partial charge on any atom is -0.370 e. The van der Waals surface area contributed by atoms with Crippen molar-refractivity contribution in [2.75, 3.05) is 36.9 Å². The summed E-state index contributed by atoms with van der Waals surface area (Å²) in [5.41, 5.74) is 1.70. The van der Waals surface area contributed by atoms with Crippen LogP contribution in [-0.2, 0) is 14.8 Å². The second kappa shape index (κ2) is 9.08. The van der Waals surface area contributed by atoms with Crippen LogP contribution >= 0.6 is 0 Å². The van der Waals surface area contributed by atoms with Crippen LogP contribution < -0.4 is 10.2 Å². The number of fused-ring (bicyclic) bond motifs is 1. The Bertz CT molecular complexity index is 1190. The Morgan fingerprint density at radius 3 is 2.39 bits per heavy atom. The van der Waals surface area contributed by atoms with E-state index in [0.29, 0.717) is 5.69 Å². The van der Waals surface area contributed by atoms with Gasteiger partial charge in [0.1, 0.15) is 0 Å². The first kappa shape index (κ1) is 21.3. The molecule has 6 nitrogen and oxygen atoms in total. The van der Waals surface area contributed by atoms with Crippen molar-refractivity contribution in [2.45, 2.75) is 24.2 Å². The van der Waals surface area contributed by atoms with Crippen LogP contribution in [0.2, 0.25) is 0 Å². The molecule has 1 fully saturated rings. The lowest BCUT2D eigenvalue weighted by Crippen LogP contribution is -2.35. The van der Waals surface area contributed by atoms with E-state index in [0.717, 1.165) is 46.7 Å². The van der Waals surface area contributed by atoms with Gasteiger partial charge in [0.15, 0.2) is 0 Å². The number of carbonyl (C=O) groups excluding carboxylic acids is 1. The molecular weight excluding hydrogens is 410 g/mol. The van der Waals surface area contributed by atoms with Crippen molar-refractivity contribution < 1.29 is 13.2 Å². The van der Waals surface area contributed by atoms with Gasteiger partial charge in [-0.25, -0.2) is 8.42 Å². The lowest BCUT2D eigenvalue weighted by molar-refractivity contribution is -0.116. The first-order valence-electron chi connectivity index (χ1n) is 10.5. The number of piperidine rings is 1. The number of anilines is 2. The number of rotatable bonds is 6. The van der Waals surface area contributed by atoms with Gasteiger partial charge in [-0.3, -0.25) is 4.79 Å². The van der Waals surface area contributed by atoms with E-state index in [1.54, 1.807) is 18.2 Å². The minimum absolute atomic E-state index is 0.176. The highest BCUT2D eigenvalue weighted by Crippen LogP contribution is 2.28. The van der Waals surface area contributed by atoms with E-state index in [1.807, 2.05) is 48.5 Å². The fourth-order valence-electron chi connectivity index (χ4n) is 3.97. The molecule has 1 aliphatic rings. The zero-order valence-corrected chi connectivity index (χ0v) is 18.4. The molecule has 1 aliphatic heterocycles. The molecule has 1 saturated heterocycles. The maximum atomic E-state index is 13.0. The van der Waals surface area contributed by atoms with Gasteiger partial charge in [0.2, 0.25) is 15.9 Å². The van der Waals surface area contributed by atoms with E-state index in [9.17, 15) is 13.2 Å². The highest BCUT2D eigenvalue weighted by molar-refractivity contribution is 7.89. The van der Waals surface area contributed by atoms with E-state index in [4.69, 9.17) is 0 Å². The molecular formula is C24H27N3O3S. The minimum atomic E-state index is -3.79. The molecule has 0 bridgehead atoms. The van der Waals surface area contributed by atoms with Crippen LogP contribution in [0.25, 0.3) is 10.8 Å². The predicted octanol–water partition coefficient (Wildman–Crippen LogP) is 4.09. The van der Waals surface area contributed by atoms with Crippen molar-refractivity contribution in [3.8, 4) is 0 Å². The summed E-state index contributed by atoms with van der Waals surface area (Å²) in [6.45, 7) is 1.66. The molecule has 0 radical (unpaired) electrons. The van der Waals surface area contributed by atoms with Crippen molar-refractivity contribution in [1.29, 1.82) is 0 Å². The molecule has 1 amide bonds. The van der Waals surface area contributed by atoms with E-state index in [1.165, 1.54) is 13.5 Å². The van der Waals surface area contributed by atoms with E-state index < -0.39 is 10.0 Å². The lowest BCUT2D eigenvalue weighted by Gasteiger charge is -2.30. The summed E-state index contributed by atoms with van der Waals surface area (Å²) in [7, 11) is -2.36. The smallest absolute Gasteiger partial charge is 0.243 e. The van der Waals surface area contributed by atoms with Crippen LogP contribution in [-0.4, -0.2) is 45.3 Å².